The van der Waals surface area contributed by atoms with Gasteiger partial charge in [0.1, 0.15) is 4.70 Å². The molecule has 0 bridgehead atoms. The van der Waals surface area contributed by atoms with Gasteiger partial charge in [-0.25, -0.2) is 4.98 Å². The van der Waals surface area contributed by atoms with E-state index in [2.05, 4.69) is 4.98 Å². The number of benzene rings is 1. The molecule has 0 fully saturated rings. The summed E-state index contributed by atoms with van der Waals surface area (Å²) in [6, 6.07) is 11.5. The third kappa shape index (κ3) is 3.54. The Kier molecular flexibility index (Phi) is 5.78. The van der Waals surface area contributed by atoms with Gasteiger partial charge >= 0.3 is 0 Å². The largest absolute Gasteiger partial charge is 0.312 e. The zero-order valence-corrected chi connectivity index (χ0v) is 16.6. The van der Waals surface area contributed by atoms with Gasteiger partial charge in [-0.1, -0.05) is 30.0 Å². The van der Waals surface area contributed by atoms with Crippen LogP contribution in [0.15, 0.2) is 51.7 Å². The molecule has 0 N–H and O–H groups in total. The molecule has 0 saturated carbocycles. The molecule has 0 radical (unpaired) electrons. The van der Waals surface area contributed by atoms with E-state index in [4.69, 9.17) is 0 Å². The van der Waals surface area contributed by atoms with Crippen LogP contribution in [0, 0.1) is 0 Å². The molecular weight excluding hydrogens is 366 g/mol. The van der Waals surface area contributed by atoms with Crippen LogP contribution in [0.2, 0.25) is 0 Å². The molecule has 136 valence electrons. The highest BCUT2D eigenvalue weighted by Crippen LogP contribution is 2.26. The highest BCUT2D eigenvalue weighted by atomic mass is 32.2. The lowest BCUT2D eigenvalue weighted by Crippen LogP contribution is -2.37. The van der Waals surface area contributed by atoms with Crippen molar-refractivity contribution in [3.8, 4) is 0 Å². The van der Waals surface area contributed by atoms with Crippen LogP contribution < -0.4 is 10.5 Å². The minimum Gasteiger partial charge on any atom is -0.312 e. The zero-order chi connectivity index (χ0) is 18.7. The first kappa shape index (κ1) is 18.7. The summed E-state index contributed by atoms with van der Waals surface area (Å²) in [5, 5.41) is 2.11. The van der Waals surface area contributed by atoms with Crippen molar-refractivity contribution in [3.05, 3.63) is 52.1 Å². The van der Waals surface area contributed by atoms with Crippen molar-refractivity contribution in [2.75, 3.05) is 11.4 Å². The average Bonchev–Trinajstić information content (AvgIpc) is 3.12. The molecular formula is C19H21N3O2S2. The van der Waals surface area contributed by atoms with Crippen molar-refractivity contribution >= 4 is 44.9 Å². The number of carbonyl (C=O) groups is 1. The Bertz CT molecular complexity index is 966. The molecule has 3 rings (SSSR count). The van der Waals surface area contributed by atoms with E-state index in [0.717, 1.165) is 5.69 Å². The van der Waals surface area contributed by atoms with E-state index in [-0.39, 0.29) is 16.7 Å². The number of aromatic nitrogens is 2. The molecule has 3 aromatic rings. The molecule has 0 aliphatic carbocycles. The lowest BCUT2D eigenvalue weighted by atomic mass is 10.2. The predicted molar refractivity (Wildman–Crippen MR) is 109 cm³/mol. The normalized spacial score (nSPS) is 12.3. The Balaban J connectivity index is 1.89. The van der Waals surface area contributed by atoms with E-state index >= 15 is 0 Å². The van der Waals surface area contributed by atoms with Crippen LogP contribution in [0.1, 0.15) is 20.8 Å². The van der Waals surface area contributed by atoms with Gasteiger partial charge in [0.05, 0.1) is 10.8 Å². The minimum atomic E-state index is -0.351. The summed E-state index contributed by atoms with van der Waals surface area (Å²) in [5.74, 6) is 0.00557. The van der Waals surface area contributed by atoms with Crippen LogP contribution in [0.3, 0.4) is 0 Å². The molecule has 5 nitrogen and oxygen atoms in total. The summed E-state index contributed by atoms with van der Waals surface area (Å²) in [4.78, 5) is 32.0. The number of carbonyl (C=O) groups excluding carboxylic acids is 1. The number of hydrogen-bond donors (Lipinski definition) is 0. The molecule has 0 saturated heterocycles. The van der Waals surface area contributed by atoms with E-state index in [1.807, 2.05) is 62.5 Å². The molecule has 2 aromatic heterocycles. The summed E-state index contributed by atoms with van der Waals surface area (Å²) in [5.41, 5.74) is 1.54. The van der Waals surface area contributed by atoms with Gasteiger partial charge in [-0.05, 0) is 44.4 Å². The number of para-hydroxylation sites is 1. The second kappa shape index (κ2) is 8.05. The van der Waals surface area contributed by atoms with Gasteiger partial charge in [-0.2, -0.15) is 0 Å². The smallest absolute Gasteiger partial charge is 0.272 e. The zero-order valence-electron chi connectivity index (χ0n) is 15.0. The molecule has 1 unspecified atom stereocenters. The maximum absolute atomic E-state index is 13.0. The first-order chi connectivity index (χ1) is 12.6. The van der Waals surface area contributed by atoms with Crippen LogP contribution >= 0.6 is 23.1 Å². The molecule has 0 spiro atoms. The van der Waals surface area contributed by atoms with E-state index < -0.39 is 0 Å². The van der Waals surface area contributed by atoms with E-state index in [9.17, 15) is 9.59 Å². The third-order valence-electron chi connectivity index (χ3n) is 4.13. The fraction of sp³-hybridized carbons (Fsp3) is 0.316. The number of thiophene rings is 1. The van der Waals surface area contributed by atoms with Gasteiger partial charge in [-0.15, -0.1) is 11.3 Å². The van der Waals surface area contributed by atoms with Crippen LogP contribution in [0.25, 0.3) is 10.2 Å². The van der Waals surface area contributed by atoms with Crippen LogP contribution in [-0.2, 0) is 11.3 Å². The fourth-order valence-electron chi connectivity index (χ4n) is 2.79. The molecule has 1 atom stereocenters. The van der Waals surface area contributed by atoms with Crippen molar-refractivity contribution in [2.24, 2.45) is 0 Å². The van der Waals surface area contributed by atoms with E-state index in [1.54, 1.807) is 9.47 Å². The van der Waals surface area contributed by atoms with Crippen molar-refractivity contribution in [3.63, 3.8) is 0 Å². The molecule has 7 heteroatoms. The van der Waals surface area contributed by atoms with Gasteiger partial charge in [0.2, 0.25) is 5.91 Å². The first-order valence-electron chi connectivity index (χ1n) is 8.57. The Morgan fingerprint density at radius 1 is 1.27 bits per heavy atom. The maximum Gasteiger partial charge on any atom is 0.272 e. The Labute approximate surface area is 160 Å². The second-order valence-corrected chi connectivity index (χ2v) is 7.98. The highest BCUT2D eigenvalue weighted by Gasteiger charge is 2.24. The third-order valence-corrected chi connectivity index (χ3v) is 6.10. The predicted octanol–water partition coefficient (Wildman–Crippen LogP) is 4.01. The van der Waals surface area contributed by atoms with Crippen LogP contribution in [0.5, 0.6) is 0 Å². The Morgan fingerprint density at radius 3 is 2.65 bits per heavy atom. The number of nitrogens with zero attached hydrogens (tertiary/aromatic N) is 3. The number of anilines is 1. The summed E-state index contributed by atoms with van der Waals surface area (Å²) < 4.78 is 2.31. The first-order valence-corrected chi connectivity index (χ1v) is 10.3. The number of hydrogen-bond acceptors (Lipinski definition) is 5. The molecule has 1 aromatic carbocycles. The monoisotopic (exact) mass is 387 g/mol. The van der Waals surface area contributed by atoms with Gasteiger partial charge in [0, 0.05) is 18.8 Å². The highest BCUT2D eigenvalue weighted by molar-refractivity contribution is 8.00. The quantitative estimate of drug-likeness (QED) is 0.474. The number of rotatable bonds is 6. The maximum atomic E-state index is 13.0. The molecule has 0 aliphatic heterocycles. The minimum absolute atomic E-state index is 0.00557. The lowest BCUT2D eigenvalue weighted by molar-refractivity contribution is -0.117. The fourth-order valence-corrected chi connectivity index (χ4v) is 4.61. The number of amides is 1. The standard InChI is InChI=1S/C19H21N3O2S2/c1-4-21(14-9-7-6-8-10-14)17(23)13(3)26-19-20-15-11-12-25-16(15)18(24)22(19)5-2/h6-13H,4-5H2,1-3H3. The molecule has 26 heavy (non-hydrogen) atoms. The molecule has 2 heterocycles. The van der Waals surface area contributed by atoms with E-state index in [0.29, 0.717) is 28.5 Å². The summed E-state index contributed by atoms with van der Waals surface area (Å²) >= 11 is 2.74. The molecule has 0 aliphatic rings. The molecule has 1 amide bonds. The SMILES string of the molecule is CCN(C(=O)C(C)Sc1nc2ccsc2c(=O)n1CC)c1ccccc1. The summed E-state index contributed by atoms with van der Waals surface area (Å²) in [6.45, 7) is 6.86. The van der Waals surface area contributed by atoms with Gasteiger partial charge in [-0.3, -0.25) is 14.2 Å². The Hall–Kier alpha value is -2.12. The second-order valence-electron chi connectivity index (χ2n) is 5.76. The number of fused-ring (bicyclic) bond motifs is 1. The van der Waals surface area contributed by atoms with Crippen LogP contribution in [-0.4, -0.2) is 27.3 Å². The van der Waals surface area contributed by atoms with Gasteiger partial charge in [0.15, 0.2) is 5.16 Å². The lowest BCUT2D eigenvalue weighted by Gasteiger charge is -2.24. The Morgan fingerprint density at radius 2 is 2.00 bits per heavy atom. The van der Waals surface area contributed by atoms with Crippen LogP contribution in [0.4, 0.5) is 5.69 Å². The van der Waals surface area contributed by atoms with E-state index in [1.165, 1.54) is 23.1 Å². The van der Waals surface area contributed by atoms with Crippen molar-refractivity contribution in [2.45, 2.75) is 37.7 Å². The van der Waals surface area contributed by atoms with Gasteiger partial charge in [0.25, 0.3) is 5.56 Å². The average molecular weight is 388 g/mol. The van der Waals surface area contributed by atoms with Gasteiger partial charge < -0.3 is 4.90 Å². The van der Waals surface area contributed by atoms with Crippen molar-refractivity contribution in [1.29, 1.82) is 0 Å². The van der Waals surface area contributed by atoms with Crippen molar-refractivity contribution < 1.29 is 4.79 Å². The topological polar surface area (TPSA) is 55.2 Å². The van der Waals surface area contributed by atoms with Crippen molar-refractivity contribution in [1.82, 2.24) is 9.55 Å². The summed E-state index contributed by atoms with van der Waals surface area (Å²) in [6.07, 6.45) is 0. The summed E-state index contributed by atoms with van der Waals surface area (Å²) in [7, 11) is 0. The number of thioether (sulfide) groups is 1.